The molecular weight excluding hydrogens is 762 g/mol. The molecule has 4 aliphatic heterocycles. The Hall–Kier alpha value is -3.44. The van der Waals surface area contributed by atoms with Crippen LogP contribution in [0.4, 0.5) is 0 Å². The number of aliphatic hydroxyl groups excluding tert-OH is 2. The smallest absolute Gasteiger partial charge is 0.327 e. The molecule has 8 fully saturated rings. The van der Waals surface area contributed by atoms with Crippen LogP contribution in [0.1, 0.15) is 103 Å². The summed E-state index contributed by atoms with van der Waals surface area (Å²) in [5, 5.41) is 28.1. The number of fused-ring (bicyclic) bond motifs is 5. The number of hydrogen-bond acceptors (Lipinski definition) is 13. The van der Waals surface area contributed by atoms with Gasteiger partial charge in [0.2, 0.25) is 11.8 Å². The van der Waals surface area contributed by atoms with Crippen LogP contribution in [0.15, 0.2) is 30.3 Å². The Morgan fingerprint density at radius 2 is 1.73 bits per heavy atom. The number of ether oxygens (including phenoxy) is 5. The Morgan fingerprint density at radius 1 is 1.00 bits per heavy atom. The number of carbonyl (C=O) groups is 4. The number of benzene rings is 1. The Bertz CT molecular complexity index is 1830. The third-order valence-corrected chi connectivity index (χ3v) is 13.6. The lowest BCUT2D eigenvalue weighted by Gasteiger charge is -2.49. The van der Waals surface area contributed by atoms with Crippen molar-refractivity contribution in [1.29, 1.82) is 0 Å². The van der Waals surface area contributed by atoms with Gasteiger partial charge in [-0.25, -0.2) is 0 Å². The van der Waals surface area contributed by atoms with Crippen LogP contribution in [0.25, 0.3) is 6.08 Å². The van der Waals surface area contributed by atoms with E-state index in [1.54, 1.807) is 25.8 Å². The quantitative estimate of drug-likeness (QED) is 0.149. The maximum atomic E-state index is 15.1. The van der Waals surface area contributed by atoms with Crippen molar-refractivity contribution >= 4 is 29.8 Å². The van der Waals surface area contributed by atoms with Crippen LogP contribution in [-0.2, 0) is 54.2 Å². The highest BCUT2D eigenvalue weighted by atomic mass is 16.8. The summed E-state index contributed by atoms with van der Waals surface area (Å²) >= 11 is 0. The summed E-state index contributed by atoms with van der Waals surface area (Å²) < 4.78 is 31.2. The topological polar surface area (TPSA) is 195 Å². The lowest BCUT2D eigenvalue weighted by Crippen LogP contribution is -2.71. The summed E-state index contributed by atoms with van der Waals surface area (Å²) in [6.07, 6.45) is 7.58. The Labute approximate surface area is 344 Å². The van der Waals surface area contributed by atoms with Gasteiger partial charge in [-0.15, -0.1) is 0 Å². The van der Waals surface area contributed by atoms with Gasteiger partial charge in [0.25, 0.3) is 0 Å². The van der Waals surface area contributed by atoms with Crippen molar-refractivity contribution in [3.05, 3.63) is 41.5 Å². The van der Waals surface area contributed by atoms with Crippen LogP contribution in [0.3, 0.4) is 0 Å². The monoisotopic (exact) mass is 821 g/mol. The van der Waals surface area contributed by atoms with Crippen LogP contribution in [0.2, 0.25) is 0 Å². The molecule has 12 atom stereocenters. The van der Waals surface area contributed by atoms with Crippen molar-refractivity contribution in [3.8, 4) is 0 Å². The van der Waals surface area contributed by atoms with E-state index in [2.05, 4.69) is 22.8 Å². The highest BCUT2D eigenvalue weighted by molar-refractivity contribution is 5.96. The fourth-order valence-electron chi connectivity index (χ4n) is 10.4. The minimum atomic E-state index is -1.58. The lowest BCUT2D eigenvalue weighted by molar-refractivity contribution is -0.235. The number of esters is 2. The summed E-state index contributed by atoms with van der Waals surface area (Å²) in [6.45, 7) is 6.29. The van der Waals surface area contributed by atoms with Crippen LogP contribution in [-0.4, -0.2) is 118 Å². The predicted molar refractivity (Wildman–Crippen MR) is 208 cm³/mol. The van der Waals surface area contributed by atoms with Gasteiger partial charge in [0, 0.05) is 24.7 Å². The highest BCUT2D eigenvalue weighted by Gasteiger charge is 2.78. The molecule has 15 heteroatoms. The van der Waals surface area contributed by atoms with E-state index in [1.165, 1.54) is 6.92 Å². The predicted octanol–water partition coefficient (Wildman–Crippen LogP) is 2.83. The highest BCUT2D eigenvalue weighted by Crippen LogP contribution is 2.64. The number of carbonyl (C=O) groups excluding carboxylic acids is 4. The number of aliphatic hydroxyl groups is 2. The number of epoxide rings is 1. The molecule has 322 valence electrons. The molecule has 4 saturated heterocycles. The summed E-state index contributed by atoms with van der Waals surface area (Å²) in [6, 6.07) is 4.35. The number of nitrogens with zero attached hydrogens (tertiary/aromatic N) is 1. The number of nitrogens with one attached hydrogen (secondary N) is 2. The molecular formula is C44H59N3O12. The van der Waals surface area contributed by atoms with Crippen molar-refractivity contribution in [3.63, 3.8) is 0 Å². The molecule has 3 unspecified atom stereocenters. The van der Waals surface area contributed by atoms with E-state index >= 15 is 4.79 Å². The van der Waals surface area contributed by atoms with E-state index in [1.807, 2.05) is 24.3 Å². The molecule has 59 heavy (non-hydrogen) atoms. The fraction of sp³-hybridized carbons (Fsp3) is 0.727. The molecule has 1 aromatic rings. The van der Waals surface area contributed by atoms with Gasteiger partial charge in [0.05, 0.1) is 37.5 Å². The van der Waals surface area contributed by atoms with Gasteiger partial charge < -0.3 is 44.5 Å². The molecule has 8 aliphatic rings. The average molecular weight is 822 g/mol. The first kappa shape index (κ1) is 40.9. The molecule has 2 bridgehead atoms. The molecule has 9 rings (SSSR count). The van der Waals surface area contributed by atoms with Gasteiger partial charge in [0.1, 0.15) is 41.5 Å². The van der Waals surface area contributed by atoms with Crippen LogP contribution in [0.5, 0.6) is 0 Å². The van der Waals surface area contributed by atoms with Crippen molar-refractivity contribution in [2.75, 3.05) is 6.61 Å². The van der Waals surface area contributed by atoms with Gasteiger partial charge in [-0.05, 0) is 96.1 Å². The number of allylic oxidation sites excluding steroid dienone is 1. The zero-order chi connectivity index (χ0) is 41.4. The van der Waals surface area contributed by atoms with E-state index in [4.69, 9.17) is 28.5 Å². The van der Waals surface area contributed by atoms with Crippen molar-refractivity contribution < 1.29 is 57.9 Å². The average Bonchev–Trinajstić information content (AvgIpc) is 4.09. The third kappa shape index (κ3) is 7.85. The first-order valence-corrected chi connectivity index (χ1v) is 21.7. The van der Waals surface area contributed by atoms with Crippen molar-refractivity contribution in [2.45, 2.75) is 171 Å². The first-order chi connectivity index (χ1) is 28.2. The molecule has 4 aliphatic carbocycles. The van der Waals surface area contributed by atoms with E-state index < -0.39 is 95.8 Å². The van der Waals surface area contributed by atoms with Crippen LogP contribution >= 0.6 is 0 Å². The normalized spacial score (nSPS) is 35.9. The Kier molecular flexibility index (Phi) is 10.7. The molecule has 15 nitrogen and oxygen atoms in total. The standard InChI is InChI=1S/C44H59N3O12/c1-23(49)34(39(51)45-29(22-48)16-18-33(50)56-42(2,3)4)46-41(53)43-20-32-35-36(58-44(57-35,27-12-13-27)28-14-15-28)38(43)59-47(37(43)40(52)55-32)21-26-8-6-5-7-25(26)11-9-24-10-17-30-31(19-24)54-30/h5-9,11,23-24,27-32,34-38,48-49H,10,12-22H2,1-4H3,(H,45,51)(H,46,53)/t23-,24?,29-,30?,31?,32+,34+,35-,36-,37-,38+,43-/m0/s1. The number of hydroxylamine groups is 2. The lowest BCUT2D eigenvalue weighted by atomic mass is 9.62. The van der Waals surface area contributed by atoms with Gasteiger partial charge in [-0.2, -0.15) is 5.06 Å². The van der Waals surface area contributed by atoms with Crippen molar-refractivity contribution in [1.82, 2.24) is 15.7 Å². The van der Waals surface area contributed by atoms with Crippen LogP contribution in [0, 0.1) is 23.2 Å². The SMILES string of the molecule is C[C@H](O)[C@@H](NC(=O)[C@@]12C[C@H]3OC(=O)[C@@H]1N(Cc1ccccc1C=CC1CCC4OC4C1)O[C@@H]2[C@H]1OC(C2CC2)(C2CC2)O[C@H]13)C(=O)N[C@H](CO)CCC(=O)OC(C)(C)C. The van der Waals surface area contributed by atoms with E-state index in [9.17, 15) is 24.6 Å². The van der Waals surface area contributed by atoms with E-state index in [-0.39, 0.29) is 37.6 Å². The molecule has 0 spiro atoms. The number of rotatable bonds is 15. The van der Waals surface area contributed by atoms with Gasteiger partial charge in [-0.1, -0.05) is 36.4 Å². The summed E-state index contributed by atoms with van der Waals surface area (Å²) in [4.78, 5) is 62.6. The summed E-state index contributed by atoms with van der Waals surface area (Å²) in [5.41, 5.74) is -0.433. The zero-order valence-corrected chi connectivity index (χ0v) is 34.4. The Morgan fingerprint density at radius 3 is 2.41 bits per heavy atom. The Balaban J connectivity index is 0.990. The first-order valence-electron chi connectivity index (χ1n) is 21.7. The molecule has 4 saturated carbocycles. The maximum Gasteiger partial charge on any atom is 0.327 e. The van der Waals surface area contributed by atoms with Gasteiger partial charge in [0.15, 0.2) is 11.8 Å². The number of hydrogen-bond donors (Lipinski definition) is 4. The minimum Gasteiger partial charge on any atom is -0.460 e. The summed E-state index contributed by atoms with van der Waals surface area (Å²) in [7, 11) is 0. The number of amides is 2. The van der Waals surface area contributed by atoms with E-state index in [0.29, 0.717) is 18.1 Å². The van der Waals surface area contributed by atoms with Crippen LogP contribution < -0.4 is 10.6 Å². The molecule has 4 N–H and O–H groups in total. The fourth-order valence-corrected chi connectivity index (χ4v) is 10.4. The molecule has 1 aromatic carbocycles. The summed E-state index contributed by atoms with van der Waals surface area (Å²) in [5.74, 6) is -2.57. The minimum absolute atomic E-state index is 0.0586. The van der Waals surface area contributed by atoms with Crippen molar-refractivity contribution in [2.24, 2.45) is 23.2 Å². The largest absolute Gasteiger partial charge is 0.460 e. The van der Waals surface area contributed by atoms with Gasteiger partial charge >= 0.3 is 11.9 Å². The maximum absolute atomic E-state index is 15.1. The second-order valence-electron chi connectivity index (χ2n) is 19.2. The second kappa shape index (κ2) is 15.5. The molecule has 2 amide bonds. The zero-order valence-electron chi connectivity index (χ0n) is 34.4. The third-order valence-electron chi connectivity index (χ3n) is 13.6. The van der Waals surface area contributed by atoms with Gasteiger partial charge in [-0.3, -0.25) is 24.0 Å². The molecule has 0 radical (unpaired) electrons. The van der Waals surface area contributed by atoms with E-state index in [0.717, 1.165) is 56.1 Å². The molecule has 0 aromatic heterocycles. The molecule has 4 heterocycles. The second-order valence-corrected chi connectivity index (χ2v) is 19.2.